The second-order valence-electron chi connectivity index (χ2n) is 2.42. The molecule has 72 valence electrons. The van der Waals surface area contributed by atoms with Gasteiger partial charge in [-0.2, -0.15) is 0 Å². The first-order chi connectivity index (χ1) is 5.84. The third-order valence-electron chi connectivity index (χ3n) is 1.45. The molecule has 1 atom stereocenters. The molecule has 1 aliphatic rings. The van der Waals surface area contributed by atoms with Gasteiger partial charge in [0.05, 0.1) is 19.1 Å². The summed E-state index contributed by atoms with van der Waals surface area (Å²) in [7, 11) is 1.69. The van der Waals surface area contributed by atoms with Gasteiger partial charge in [-0.15, -0.1) is 0 Å². The second-order valence-corrected chi connectivity index (χ2v) is 2.42. The molecule has 3 heteroatoms. The SMILES string of the molecule is CC.COCC(C)C1=NCCO1. The van der Waals surface area contributed by atoms with Gasteiger partial charge >= 0.3 is 0 Å². The van der Waals surface area contributed by atoms with Crippen molar-refractivity contribution >= 4 is 5.90 Å². The van der Waals surface area contributed by atoms with Crippen LogP contribution in [0.25, 0.3) is 0 Å². The van der Waals surface area contributed by atoms with Crippen molar-refractivity contribution in [3.05, 3.63) is 0 Å². The third kappa shape index (κ3) is 3.72. The fourth-order valence-electron chi connectivity index (χ4n) is 0.971. The molecule has 0 radical (unpaired) electrons. The fraction of sp³-hybridized carbons (Fsp3) is 0.889. The van der Waals surface area contributed by atoms with Crippen LogP contribution in [-0.4, -0.2) is 32.8 Å². The molecule has 12 heavy (non-hydrogen) atoms. The van der Waals surface area contributed by atoms with Crippen molar-refractivity contribution < 1.29 is 9.47 Å². The predicted octanol–water partition coefficient (Wildman–Crippen LogP) is 1.72. The standard InChI is InChI=1S/C7H13NO2.C2H6/c1-6(5-9-2)7-8-3-4-10-7;1-2/h6H,3-5H2,1-2H3;1-2H3. The molecule has 0 aromatic rings. The molecule has 0 amide bonds. The Kier molecular flexibility index (Phi) is 6.76. The topological polar surface area (TPSA) is 30.8 Å². The Bertz CT molecular complexity index is 134. The minimum Gasteiger partial charge on any atom is -0.479 e. The summed E-state index contributed by atoms with van der Waals surface area (Å²) in [5, 5.41) is 0. The Morgan fingerprint density at radius 2 is 2.25 bits per heavy atom. The van der Waals surface area contributed by atoms with E-state index in [1.165, 1.54) is 0 Å². The average molecular weight is 173 g/mol. The maximum Gasteiger partial charge on any atom is 0.188 e. The van der Waals surface area contributed by atoms with Gasteiger partial charge in [0, 0.05) is 7.11 Å². The summed E-state index contributed by atoms with van der Waals surface area (Å²) in [6, 6.07) is 0. The summed E-state index contributed by atoms with van der Waals surface area (Å²) in [5.41, 5.74) is 0. The minimum atomic E-state index is 0.312. The van der Waals surface area contributed by atoms with Gasteiger partial charge in [0.2, 0.25) is 0 Å². The number of aliphatic imine (C=N–C) groups is 1. The van der Waals surface area contributed by atoms with Crippen LogP contribution in [0.4, 0.5) is 0 Å². The van der Waals surface area contributed by atoms with E-state index in [1.807, 2.05) is 20.8 Å². The van der Waals surface area contributed by atoms with Crippen LogP contribution in [0.1, 0.15) is 20.8 Å². The molecule has 0 aromatic heterocycles. The molecule has 0 saturated heterocycles. The van der Waals surface area contributed by atoms with E-state index < -0.39 is 0 Å². The molecule has 1 unspecified atom stereocenters. The van der Waals surface area contributed by atoms with Gasteiger partial charge in [-0.05, 0) is 0 Å². The van der Waals surface area contributed by atoms with E-state index in [4.69, 9.17) is 9.47 Å². The highest BCUT2D eigenvalue weighted by Crippen LogP contribution is 2.05. The zero-order valence-electron chi connectivity index (χ0n) is 8.46. The van der Waals surface area contributed by atoms with Crippen LogP contribution in [0.15, 0.2) is 4.99 Å². The Morgan fingerprint density at radius 3 is 2.67 bits per heavy atom. The van der Waals surface area contributed by atoms with Gasteiger partial charge in [-0.25, -0.2) is 0 Å². The van der Waals surface area contributed by atoms with Crippen LogP contribution in [0.3, 0.4) is 0 Å². The lowest BCUT2D eigenvalue weighted by molar-refractivity contribution is 0.170. The Hall–Kier alpha value is -0.570. The van der Waals surface area contributed by atoms with Crippen LogP contribution in [0.5, 0.6) is 0 Å². The molecular formula is C9H19NO2. The van der Waals surface area contributed by atoms with Gasteiger partial charge in [-0.3, -0.25) is 4.99 Å². The van der Waals surface area contributed by atoms with Crippen molar-refractivity contribution in [3.8, 4) is 0 Å². The Morgan fingerprint density at radius 1 is 1.58 bits per heavy atom. The first-order valence-corrected chi connectivity index (χ1v) is 4.50. The largest absolute Gasteiger partial charge is 0.479 e. The molecular weight excluding hydrogens is 154 g/mol. The maximum atomic E-state index is 5.24. The summed E-state index contributed by atoms with van der Waals surface area (Å²) >= 11 is 0. The van der Waals surface area contributed by atoms with Gasteiger partial charge < -0.3 is 9.47 Å². The van der Waals surface area contributed by atoms with Crippen LogP contribution < -0.4 is 0 Å². The van der Waals surface area contributed by atoms with Crippen molar-refractivity contribution in [2.75, 3.05) is 26.9 Å². The van der Waals surface area contributed by atoms with E-state index >= 15 is 0 Å². The zero-order chi connectivity index (χ0) is 9.40. The summed E-state index contributed by atoms with van der Waals surface area (Å²) in [5.74, 6) is 1.16. The normalized spacial score (nSPS) is 17.2. The molecule has 0 N–H and O–H groups in total. The van der Waals surface area contributed by atoms with Crippen molar-refractivity contribution in [3.63, 3.8) is 0 Å². The van der Waals surface area contributed by atoms with Gasteiger partial charge in [0.15, 0.2) is 5.90 Å². The number of ether oxygens (including phenoxy) is 2. The first-order valence-electron chi connectivity index (χ1n) is 4.50. The molecule has 0 fully saturated rings. The molecule has 1 heterocycles. The fourth-order valence-corrected chi connectivity index (χ4v) is 0.971. The van der Waals surface area contributed by atoms with E-state index in [2.05, 4.69) is 4.99 Å². The quantitative estimate of drug-likeness (QED) is 0.650. The van der Waals surface area contributed by atoms with Gasteiger partial charge in [-0.1, -0.05) is 20.8 Å². The summed E-state index contributed by atoms with van der Waals surface area (Å²) in [6.07, 6.45) is 0. The van der Waals surface area contributed by atoms with Crippen molar-refractivity contribution in [1.29, 1.82) is 0 Å². The number of hydrogen-bond acceptors (Lipinski definition) is 3. The monoisotopic (exact) mass is 173 g/mol. The Labute approximate surface area is 74.8 Å². The van der Waals surface area contributed by atoms with E-state index in [1.54, 1.807) is 7.11 Å². The smallest absolute Gasteiger partial charge is 0.188 e. The highest BCUT2D eigenvalue weighted by atomic mass is 16.5. The first kappa shape index (κ1) is 11.4. The molecule has 0 aliphatic carbocycles. The van der Waals surface area contributed by atoms with E-state index in [0.717, 1.165) is 19.0 Å². The lowest BCUT2D eigenvalue weighted by Gasteiger charge is -2.08. The number of nitrogens with zero attached hydrogens (tertiary/aromatic N) is 1. The molecule has 0 bridgehead atoms. The zero-order valence-corrected chi connectivity index (χ0v) is 8.46. The summed E-state index contributed by atoms with van der Waals surface area (Å²) in [6.45, 7) is 8.29. The number of rotatable bonds is 3. The van der Waals surface area contributed by atoms with Crippen molar-refractivity contribution in [2.45, 2.75) is 20.8 Å². The highest BCUT2D eigenvalue weighted by Gasteiger charge is 2.14. The van der Waals surface area contributed by atoms with Crippen LogP contribution in [0, 0.1) is 5.92 Å². The maximum absolute atomic E-state index is 5.24. The summed E-state index contributed by atoms with van der Waals surface area (Å²) in [4.78, 5) is 4.17. The summed E-state index contributed by atoms with van der Waals surface area (Å²) < 4.78 is 10.2. The lowest BCUT2D eigenvalue weighted by atomic mass is 10.2. The van der Waals surface area contributed by atoms with Crippen LogP contribution in [-0.2, 0) is 9.47 Å². The van der Waals surface area contributed by atoms with Crippen LogP contribution in [0.2, 0.25) is 0 Å². The number of hydrogen-bond donors (Lipinski definition) is 0. The Balaban J connectivity index is 0.000000561. The third-order valence-corrected chi connectivity index (χ3v) is 1.45. The molecule has 0 aromatic carbocycles. The molecule has 3 nitrogen and oxygen atoms in total. The van der Waals surface area contributed by atoms with Crippen molar-refractivity contribution in [2.24, 2.45) is 10.9 Å². The highest BCUT2D eigenvalue weighted by molar-refractivity contribution is 5.79. The predicted molar refractivity (Wildman–Crippen MR) is 50.6 cm³/mol. The van der Waals surface area contributed by atoms with Gasteiger partial charge in [0.25, 0.3) is 0 Å². The lowest BCUT2D eigenvalue weighted by Crippen LogP contribution is -2.16. The average Bonchev–Trinajstić information content (AvgIpc) is 2.60. The molecule has 1 rings (SSSR count). The van der Waals surface area contributed by atoms with E-state index in [9.17, 15) is 0 Å². The van der Waals surface area contributed by atoms with E-state index in [0.29, 0.717) is 12.5 Å². The van der Waals surface area contributed by atoms with E-state index in [-0.39, 0.29) is 0 Å². The molecule has 1 aliphatic heterocycles. The molecule has 0 saturated carbocycles. The second kappa shape index (κ2) is 7.10. The van der Waals surface area contributed by atoms with Gasteiger partial charge in [0.1, 0.15) is 6.61 Å². The van der Waals surface area contributed by atoms with Crippen molar-refractivity contribution in [1.82, 2.24) is 0 Å². The molecule has 0 spiro atoms. The number of methoxy groups -OCH3 is 1. The minimum absolute atomic E-state index is 0.312. The van der Waals surface area contributed by atoms with Crippen LogP contribution >= 0.6 is 0 Å².